The summed E-state index contributed by atoms with van der Waals surface area (Å²) in [5.74, 6) is 1.75. The maximum atomic E-state index is 13.8. The van der Waals surface area contributed by atoms with Crippen molar-refractivity contribution in [3.63, 3.8) is 0 Å². The van der Waals surface area contributed by atoms with E-state index in [0.29, 0.717) is 11.5 Å². The van der Waals surface area contributed by atoms with E-state index in [1.54, 1.807) is 12.1 Å². The maximum absolute atomic E-state index is 13.8. The Morgan fingerprint density at radius 3 is 2.08 bits per heavy atom. The number of rotatable bonds is 5. The van der Waals surface area contributed by atoms with Gasteiger partial charge in [-0.25, -0.2) is 9.37 Å². The van der Waals surface area contributed by atoms with Crippen LogP contribution in [-0.2, 0) is 31.9 Å². The van der Waals surface area contributed by atoms with Gasteiger partial charge in [0, 0.05) is 61.3 Å². The number of aromatic nitrogens is 2. The zero-order valence-electron chi connectivity index (χ0n) is 29.4. The molecule has 7 aromatic rings. The van der Waals surface area contributed by atoms with Crippen LogP contribution >= 0.6 is 0 Å². The number of para-hydroxylation sites is 3. The summed E-state index contributed by atoms with van der Waals surface area (Å²) in [6.07, 6.45) is 1.89. The van der Waals surface area contributed by atoms with Gasteiger partial charge in [0.1, 0.15) is 11.6 Å². The smallest absolute Gasteiger partial charge is 0.135 e. The molecule has 0 N–H and O–H groups in total. The summed E-state index contributed by atoms with van der Waals surface area (Å²) in [5.41, 5.74) is 7.77. The molecule has 8 rings (SSSR count). The second-order valence-electron chi connectivity index (χ2n) is 14.9. The molecule has 5 nitrogen and oxygen atoms in total. The molecule has 51 heavy (non-hydrogen) atoms. The van der Waals surface area contributed by atoms with Crippen molar-refractivity contribution in [2.24, 2.45) is 0 Å². The predicted octanol–water partition coefficient (Wildman–Crippen LogP) is 11.7. The van der Waals surface area contributed by atoms with E-state index >= 15 is 0 Å². The van der Waals surface area contributed by atoms with Gasteiger partial charge in [0.05, 0.1) is 0 Å². The van der Waals surface area contributed by atoms with Gasteiger partial charge in [-0.15, -0.1) is 53.6 Å². The van der Waals surface area contributed by atoms with Crippen LogP contribution < -0.4 is 14.5 Å². The first-order valence-corrected chi connectivity index (χ1v) is 16.9. The fourth-order valence-electron chi connectivity index (χ4n) is 6.55. The maximum Gasteiger partial charge on any atom is 0.135 e. The standard InChI is InChI=1S/C44H38FN4O.Pt/c1-43(2,3)29-21-22-46-42(25-29)49-38-12-8-7-11-36(38)37-20-19-34(27-41(37)49)50-35-24-30(44(4,5)6)23-33(26-35)48-28-47(32-17-15-31(45)16-18-32)39-13-9-10-14-40(39)48;/h7-25,28H,1-6H3;/q-3;. The van der Waals surface area contributed by atoms with Crippen LogP contribution in [-0.4, -0.2) is 9.55 Å². The molecule has 0 radical (unpaired) electrons. The number of fused-ring (bicyclic) bond motifs is 4. The molecule has 0 saturated heterocycles. The summed E-state index contributed by atoms with van der Waals surface area (Å²) >= 11 is 0. The predicted molar refractivity (Wildman–Crippen MR) is 202 cm³/mol. The van der Waals surface area contributed by atoms with Crippen molar-refractivity contribution in [2.45, 2.75) is 52.4 Å². The number of pyridine rings is 1. The van der Waals surface area contributed by atoms with Crippen molar-refractivity contribution in [3.8, 4) is 17.3 Å². The molecule has 2 aromatic heterocycles. The number of nitrogens with zero attached hydrogens (tertiary/aromatic N) is 4. The van der Waals surface area contributed by atoms with E-state index in [4.69, 9.17) is 9.72 Å². The van der Waals surface area contributed by atoms with E-state index in [0.717, 1.165) is 55.9 Å². The zero-order valence-corrected chi connectivity index (χ0v) is 31.7. The van der Waals surface area contributed by atoms with E-state index < -0.39 is 0 Å². The molecule has 0 unspecified atom stereocenters. The Bertz CT molecular complexity index is 2390. The minimum atomic E-state index is -0.267. The van der Waals surface area contributed by atoms with E-state index in [9.17, 15) is 4.39 Å². The van der Waals surface area contributed by atoms with Crippen LogP contribution in [0.25, 0.3) is 27.6 Å². The Morgan fingerprint density at radius 1 is 0.667 bits per heavy atom. The molecule has 3 heterocycles. The van der Waals surface area contributed by atoms with Crippen LogP contribution in [0.3, 0.4) is 0 Å². The average molecular weight is 853 g/mol. The molecule has 0 aliphatic carbocycles. The third-order valence-corrected chi connectivity index (χ3v) is 9.31. The van der Waals surface area contributed by atoms with Crippen LogP contribution in [0.5, 0.6) is 11.5 Å². The van der Waals surface area contributed by atoms with Gasteiger partial charge in [-0.05, 0) is 76.4 Å². The zero-order chi connectivity index (χ0) is 34.8. The molecule has 1 aliphatic rings. The van der Waals surface area contributed by atoms with Crippen LogP contribution in [0.1, 0.15) is 52.7 Å². The molecule has 0 fully saturated rings. The Kier molecular flexibility index (Phi) is 8.79. The first kappa shape index (κ1) is 34.5. The average Bonchev–Trinajstić information content (AvgIpc) is 3.64. The summed E-state index contributed by atoms with van der Waals surface area (Å²) in [7, 11) is 0. The van der Waals surface area contributed by atoms with Gasteiger partial charge < -0.3 is 19.1 Å². The first-order valence-electron chi connectivity index (χ1n) is 16.9. The van der Waals surface area contributed by atoms with Gasteiger partial charge >= 0.3 is 0 Å². The number of halogens is 1. The van der Waals surface area contributed by atoms with Crippen molar-refractivity contribution in [1.82, 2.24) is 9.55 Å². The molecule has 0 bridgehead atoms. The molecule has 0 saturated carbocycles. The van der Waals surface area contributed by atoms with Crippen molar-refractivity contribution in [2.75, 3.05) is 9.80 Å². The van der Waals surface area contributed by atoms with Gasteiger partial charge in [-0.1, -0.05) is 77.4 Å². The number of benzene rings is 5. The molecular formula is C44H38FN4OPt-3. The molecule has 1 aliphatic heterocycles. The third-order valence-electron chi connectivity index (χ3n) is 9.31. The van der Waals surface area contributed by atoms with Crippen LogP contribution in [0.4, 0.5) is 27.1 Å². The third kappa shape index (κ3) is 6.42. The van der Waals surface area contributed by atoms with Crippen molar-refractivity contribution in [1.29, 1.82) is 0 Å². The monoisotopic (exact) mass is 852 g/mol. The first-order chi connectivity index (χ1) is 23.9. The SMILES string of the molecule is CC(C)(C)c1cc(Oc2[c-]c3c(cc2)c2ccccc2n3-c2cc(C(C)(C)C)ccn2)[c-]c(N2[CH-]N(c3ccc(F)cc3)c3ccccc32)c1.[Pt]. The van der Waals surface area contributed by atoms with E-state index in [1.807, 2.05) is 31.1 Å². The van der Waals surface area contributed by atoms with Crippen molar-refractivity contribution < 1.29 is 30.2 Å². The number of ether oxygens (including phenoxy) is 1. The normalized spacial score (nSPS) is 13.1. The minimum absolute atomic E-state index is 0. The largest absolute Gasteiger partial charge is 0.509 e. The molecule has 5 aromatic carbocycles. The van der Waals surface area contributed by atoms with Crippen LogP contribution in [0, 0.1) is 24.6 Å². The van der Waals surface area contributed by atoms with E-state index in [-0.39, 0.29) is 37.7 Å². The minimum Gasteiger partial charge on any atom is -0.509 e. The van der Waals surface area contributed by atoms with Crippen LogP contribution in [0.2, 0.25) is 0 Å². The van der Waals surface area contributed by atoms with Gasteiger partial charge in [-0.2, -0.15) is 6.07 Å². The molecule has 0 atom stereocenters. The summed E-state index contributed by atoms with van der Waals surface area (Å²) in [4.78, 5) is 8.99. The van der Waals surface area contributed by atoms with Gasteiger partial charge in [-0.3, -0.25) is 0 Å². The Hall–Kier alpha value is -4.93. The summed E-state index contributed by atoms with van der Waals surface area (Å²) < 4.78 is 22.7. The second kappa shape index (κ2) is 13.0. The number of anilines is 4. The molecule has 0 amide bonds. The Labute approximate surface area is 313 Å². The summed E-state index contributed by atoms with van der Waals surface area (Å²) in [6, 6.07) is 42.8. The Balaban J connectivity index is 0.00000406. The van der Waals surface area contributed by atoms with Crippen molar-refractivity contribution >= 4 is 44.6 Å². The summed E-state index contributed by atoms with van der Waals surface area (Å²) in [6.45, 7) is 15.2. The molecule has 7 heteroatoms. The fraction of sp³-hybridized carbons (Fsp3) is 0.182. The molecular weight excluding hydrogens is 815 g/mol. The number of hydrogen-bond donors (Lipinski definition) is 0. The van der Waals surface area contributed by atoms with Gasteiger partial charge in [0.15, 0.2) is 0 Å². The quantitative estimate of drug-likeness (QED) is 0.162. The van der Waals surface area contributed by atoms with Gasteiger partial charge in [0.2, 0.25) is 0 Å². The molecule has 260 valence electrons. The number of hydrogen-bond acceptors (Lipinski definition) is 4. The van der Waals surface area contributed by atoms with E-state index in [2.05, 4.69) is 135 Å². The topological polar surface area (TPSA) is 33.5 Å². The van der Waals surface area contributed by atoms with Crippen LogP contribution in [0.15, 0.2) is 115 Å². The Morgan fingerprint density at radius 2 is 1.35 bits per heavy atom. The fourth-order valence-corrected chi connectivity index (χ4v) is 6.55. The summed E-state index contributed by atoms with van der Waals surface area (Å²) in [5, 5.41) is 2.21. The van der Waals surface area contributed by atoms with Gasteiger partial charge in [0.25, 0.3) is 0 Å². The molecule has 0 spiro atoms. The van der Waals surface area contributed by atoms with Crippen molar-refractivity contribution in [3.05, 3.63) is 151 Å². The van der Waals surface area contributed by atoms with E-state index in [1.165, 1.54) is 17.7 Å². The second-order valence-corrected chi connectivity index (χ2v) is 14.9.